The molecule has 1 heterocycles. The first-order valence-electron chi connectivity index (χ1n) is 4.37. The smallest absolute Gasteiger partial charge is 0.157 e. The molecule has 0 aliphatic carbocycles. The van der Waals surface area contributed by atoms with E-state index in [0.29, 0.717) is 11.8 Å². The molecule has 5 atom stereocenters. The summed E-state index contributed by atoms with van der Waals surface area (Å²) in [4.78, 5) is 0. The Morgan fingerprint density at radius 3 is 2.00 bits per heavy atom. The van der Waals surface area contributed by atoms with Crippen molar-refractivity contribution >= 4 is 0 Å². The zero-order chi connectivity index (χ0) is 8.59. The minimum absolute atomic E-state index is 0.191. The van der Waals surface area contributed by atoms with Crippen LogP contribution in [-0.4, -0.2) is 17.5 Å². The van der Waals surface area contributed by atoms with Crippen molar-refractivity contribution in [2.75, 3.05) is 0 Å². The lowest BCUT2D eigenvalue weighted by Gasteiger charge is -2.40. The van der Waals surface area contributed by atoms with E-state index in [-0.39, 0.29) is 12.0 Å². The van der Waals surface area contributed by atoms with Gasteiger partial charge in [0.1, 0.15) is 0 Å². The van der Waals surface area contributed by atoms with Crippen LogP contribution in [0.5, 0.6) is 0 Å². The van der Waals surface area contributed by atoms with Gasteiger partial charge in [0.25, 0.3) is 0 Å². The predicted octanol–water partition coefficient (Wildman–Crippen LogP) is 1.63. The lowest BCUT2D eigenvalue weighted by molar-refractivity contribution is -0.219. The quantitative estimate of drug-likeness (QED) is 0.580. The second-order valence-corrected chi connectivity index (χ2v) is 3.81. The highest BCUT2D eigenvalue weighted by molar-refractivity contribution is 4.79. The molecule has 2 heteroatoms. The molecule has 66 valence electrons. The number of hydrogen-bond donors (Lipinski definition) is 1. The maximum atomic E-state index is 9.41. The SMILES string of the molecule is CC1OC(O)C(C)C(C)C1C. The molecule has 0 amide bonds. The van der Waals surface area contributed by atoms with Crippen LogP contribution in [0.15, 0.2) is 0 Å². The van der Waals surface area contributed by atoms with Gasteiger partial charge in [-0.1, -0.05) is 20.8 Å². The average molecular weight is 158 g/mol. The van der Waals surface area contributed by atoms with Gasteiger partial charge in [0, 0.05) is 5.92 Å². The highest BCUT2D eigenvalue weighted by Crippen LogP contribution is 2.33. The van der Waals surface area contributed by atoms with Crippen LogP contribution in [-0.2, 0) is 4.74 Å². The Balaban J connectivity index is 2.63. The molecular formula is C9H18O2. The first-order chi connectivity index (χ1) is 5.04. The molecular weight excluding hydrogens is 140 g/mol. The first-order valence-corrected chi connectivity index (χ1v) is 4.37. The highest BCUT2D eigenvalue weighted by atomic mass is 16.6. The minimum Gasteiger partial charge on any atom is -0.368 e. The lowest BCUT2D eigenvalue weighted by Crippen LogP contribution is -2.43. The van der Waals surface area contributed by atoms with E-state index in [4.69, 9.17) is 4.74 Å². The van der Waals surface area contributed by atoms with Crippen LogP contribution in [0.1, 0.15) is 27.7 Å². The Morgan fingerprint density at radius 1 is 0.909 bits per heavy atom. The lowest BCUT2D eigenvalue weighted by atomic mass is 9.79. The second kappa shape index (κ2) is 3.11. The summed E-state index contributed by atoms with van der Waals surface area (Å²) in [5, 5.41) is 9.41. The van der Waals surface area contributed by atoms with Gasteiger partial charge in [-0.2, -0.15) is 0 Å². The fraction of sp³-hybridized carbons (Fsp3) is 1.00. The van der Waals surface area contributed by atoms with Gasteiger partial charge in [-0.3, -0.25) is 0 Å². The Morgan fingerprint density at radius 2 is 1.45 bits per heavy atom. The van der Waals surface area contributed by atoms with E-state index < -0.39 is 6.29 Å². The molecule has 11 heavy (non-hydrogen) atoms. The summed E-state index contributed by atoms with van der Waals surface area (Å²) >= 11 is 0. The molecule has 0 aromatic rings. The van der Waals surface area contributed by atoms with Crippen LogP contribution in [0, 0.1) is 17.8 Å². The van der Waals surface area contributed by atoms with Crippen molar-refractivity contribution in [3.8, 4) is 0 Å². The summed E-state index contributed by atoms with van der Waals surface area (Å²) in [6, 6.07) is 0. The molecule has 0 aromatic carbocycles. The summed E-state index contributed by atoms with van der Waals surface area (Å²) in [6.45, 7) is 8.42. The van der Waals surface area contributed by atoms with E-state index in [0.717, 1.165) is 0 Å². The third-order valence-corrected chi connectivity index (χ3v) is 3.20. The number of aliphatic hydroxyl groups is 1. The topological polar surface area (TPSA) is 29.5 Å². The molecule has 0 bridgehead atoms. The standard InChI is InChI=1S/C9H18O2/c1-5-6(2)8(4)11-9(10)7(5)3/h5-10H,1-4H3. The molecule has 1 saturated heterocycles. The van der Waals surface area contributed by atoms with Gasteiger partial charge in [-0.25, -0.2) is 0 Å². The second-order valence-electron chi connectivity index (χ2n) is 3.81. The van der Waals surface area contributed by atoms with E-state index in [2.05, 4.69) is 13.8 Å². The predicted molar refractivity (Wildman–Crippen MR) is 44.0 cm³/mol. The molecule has 1 aliphatic heterocycles. The minimum atomic E-state index is -0.559. The van der Waals surface area contributed by atoms with Crippen molar-refractivity contribution < 1.29 is 9.84 Å². The molecule has 2 nitrogen and oxygen atoms in total. The van der Waals surface area contributed by atoms with Gasteiger partial charge in [-0.05, 0) is 18.8 Å². The number of hydrogen-bond acceptors (Lipinski definition) is 2. The van der Waals surface area contributed by atoms with Gasteiger partial charge >= 0.3 is 0 Å². The Bertz CT molecular complexity index is 122. The summed E-state index contributed by atoms with van der Waals surface area (Å²) in [6.07, 6.45) is -0.368. The van der Waals surface area contributed by atoms with Crippen molar-refractivity contribution in [3.05, 3.63) is 0 Å². The van der Waals surface area contributed by atoms with Crippen LogP contribution >= 0.6 is 0 Å². The zero-order valence-corrected chi connectivity index (χ0v) is 7.74. The van der Waals surface area contributed by atoms with E-state index in [1.807, 2.05) is 13.8 Å². The maximum Gasteiger partial charge on any atom is 0.157 e. The molecule has 1 N–H and O–H groups in total. The fourth-order valence-corrected chi connectivity index (χ4v) is 1.63. The number of aliphatic hydroxyl groups excluding tert-OH is 1. The van der Waals surface area contributed by atoms with Crippen LogP contribution < -0.4 is 0 Å². The summed E-state index contributed by atoms with van der Waals surface area (Å²) in [5.41, 5.74) is 0. The van der Waals surface area contributed by atoms with E-state index in [1.165, 1.54) is 0 Å². The largest absolute Gasteiger partial charge is 0.368 e. The third kappa shape index (κ3) is 1.57. The molecule has 1 rings (SSSR count). The summed E-state index contributed by atoms with van der Waals surface area (Å²) < 4.78 is 5.34. The van der Waals surface area contributed by atoms with E-state index in [9.17, 15) is 5.11 Å². The van der Waals surface area contributed by atoms with Crippen molar-refractivity contribution in [1.82, 2.24) is 0 Å². The third-order valence-electron chi connectivity index (χ3n) is 3.20. The molecule has 5 unspecified atom stereocenters. The first kappa shape index (κ1) is 9.01. The van der Waals surface area contributed by atoms with Crippen molar-refractivity contribution in [1.29, 1.82) is 0 Å². The van der Waals surface area contributed by atoms with Gasteiger partial charge in [-0.15, -0.1) is 0 Å². The molecule has 1 aliphatic rings. The Hall–Kier alpha value is -0.0800. The van der Waals surface area contributed by atoms with E-state index >= 15 is 0 Å². The average Bonchev–Trinajstić information content (AvgIpc) is 1.97. The van der Waals surface area contributed by atoms with Crippen LogP contribution in [0.4, 0.5) is 0 Å². The molecule has 0 radical (unpaired) electrons. The molecule has 0 aromatic heterocycles. The van der Waals surface area contributed by atoms with Crippen LogP contribution in [0.2, 0.25) is 0 Å². The fourth-order valence-electron chi connectivity index (χ4n) is 1.63. The summed E-state index contributed by atoms with van der Waals surface area (Å²) in [5.74, 6) is 1.36. The number of ether oxygens (including phenoxy) is 1. The van der Waals surface area contributed by atoms with Gasteiger partial charge in [0.15, 0.2) is 6.29 Å². The van der Waals surface area contributed by atoms with Gasteiger partial charge in [0.2, 0.25) is 0 Å². The van der Waals surface area contributed by atoms with Gasteiger partial charge in [0.05, 0.1) is 6.10 Å². The Kier molecular flexibility index (Phi) is 2.55. The van der Waals surface area contributed by atoms with Crippen molar-refractivity contribution in [2.24, 2.45) is 17.8 Å². The molecule has 0 saturated carbocycles. The van der Waals surface area contributed by atoms with Crippen LogP contribution in [0.3, 0.4) is 0 Å². The van der Waals surface area contributed by atoms with Gasteiger partial charge < -0.3 is 9.84 Å². The normalized spacial score (nSPS) is 52.6. The number of rotatable bonds is 0. The molecule has 1 fully saturated rings. The monoisotopic (exact) mass is 158 g/mol. The zero-order valence-electron chi connectivity index (χ0n) is 7.74. The summed E-state index contributed by atoms with van der Waals surface area (Å²) in [7, 11) is 0. The van der Waals surface area contributed by atoms with E-state index in [1.54, 1.807) is 0 Å². The Labute approximate surface area is 68.6 Å². The van der Waals surface area contributed by atoms with Crippen molar-refractivity contribution in [2.45, 2.75) is 40.1 Å². The molecule has 0 spiro atoms. The highest BCUT2D eigenvalue weighted by Gasteiger charge is 2.35. The maximum absolute atomic E-state index is 9.41. The van der Waals surface area contributed by atoms with Crippen LogP contribution in [0.25, 0.3) is 0 Å². The van der Waals surface area contributed by atoms with Crippen molar-refractivity contribution in [3.63, 3.8) is 0 Å².